The van der Waals surface area contributed by atoms with Crippen molar-refractivity contribution in [3.63, 3.8) is 0 Å². The lowest BCUT2D eigenvalue weighted by Crippen LogP contribution is -2.12. The fourth-order valence-corrected chi connectivity index (χ4v) is 2.50. The number of rotatable bonds is 12. The van der Waals surface area contributed by atoms with Gasteiger partial charge in [-0.1, -0.05) is 26.2 Å². The van der Waals surface area contributed by atoms with E-state index in [1.807, 2.05) is 24.3 Å². The lowest BCUT2D eigenvalue weighted by Gasteiger charge is -2.09. The molecule has 5 nitrogen and oxygen atoms in total. The minimum Gasteiger partial charge on any atom is -0.494 e. The van der Waals surface area contributed by atoms with Crippen LogP contribution in [0.15, 0.2) is 48.5 Å². The Morgan fingerprint density at radius 3 is 2.07 bits per heavy atom. The first-order valence-electron chi connectivity index (χ1n) is 9.49. The summed E-state index contributed by atoms with van der Waals surface area (Å²) < 4.78 is 16.2. The maximum Gasteiger partial charge on any atom is 0.255 e. The molecular formula is C22H29NO4. The lowest BCUT2D eigenvalue weighted by molar-refractivity contribution is 0.102. The summed E-state index contributed by atoms with van der Waals surface area (Å²) in [5.41, 5.74) is 1.31. The summed E-state index contributed by atoms with van der Waals surface area (Å²) in [6, 6.07) is 14.5. The number of methoxy groups -OCH3 is 1. The van der Waals surface area contributed by atoms with Crippen molar-refractivity contribution in [1.82, 2.24) is 0 Å². The number of benzene rings is 2. The Hall–Kier alpha value is -2.53. The van der Waals surface area contributed by atoms with Gasteiger partial charge < -0.3 is 19.5 Å². The highest BCUT2D eigenvalue weighted by molar-refractivity contribution is 6.04. The number of carbonyl (C=O) groups is 1. The number of carbonyl (C=O) groups excluding carboxylic acids is 1. The summed E-state index contributed by atoms with van der Waals surface area (Å²) in [5, 5.41) is 2.89. The van der Waals surface area contributed by atoms with Crippen molar-refractivity contribution < 1.29 is 19.0 Å². The number of amides is 1. The van der Waals surface area contributed by atoms with E-state index in [4.69, 9.17) is 14.2 Å². The van der Waals surface area contributed by atoms with Gasteiger partial charge in [0.25, 0.3) is 5.91 Å². The number of anilines is 1. The minimum absolute atomic E-state index is 0.160. The molecule has 0 unspecified atom stereocenters. The Morgan fingerprint density at radius 1 is 0.815 bits per heavy atom. The highest BCUT2D eigenvalue weighted by atomic mass is 16.5. The van der Waals surface area contributed by atoms with Crippen LogP contribution in [0.4, 0.5) is 5.69 Å². The van der Waals surface area contributed by atoms with E-state index in [1.165, 1.54) is 19.3 Å². The Balaban J connectivity index is 1.79. The van der Waals surface area contributed by atoms with Gasteiger partial charge in [-0.2, -0.15) is 0 Å². The number of unbranched alkanes of at least 4 members (excludes halogenated alkanes) is 3. The fourth-order valence-electron chi connectivity index (χ4n) is 2.50. The molecule has 146 valence electrons. The normalized spacial score (nSPS) is 10.4. The maximum absolute atomic E-state index is 12.3. The zero-order chi connectivity index (χ0) is 19.3. The summed E-state index contributed by atoms with van der Waals surface area (Å²) >= 11 is 0. The molecule has 0 aliphatic carbocycles. The number of hydrogen-bond donors (Lipinski definition) is 1. The van der Waals surface area contributed by atoms with E-state index >= 15 is 0 Å². The molecule has 0 aliphatic heterocycles. The summed E-state index contributed by atoms with van der Waals surface area (Å²) in [7, 11) is 1.63. The Kier molecular flexibility index (Phi) is 9.21. The monoisotopic (exact) mass is 371 g/mol. The first-order valence-corrected chi connectivity index (χ1v) is 9.49. The SMILES string of the molecule is CCCCCCOc1ccc(NC(=O)c2ccc(OCCOC)cc2)cc1. The second-order valence-corrected chi connectivity index (χ2v) is 6.25. The van der Waals surface area contributed by atoms with E-state index in [0.29, 0.717) is 24.5 Å². The smallest absolute Gasteiger partial charge is 0.255 e. The van der Waals surface area contributed by atoms with Gasteiger partial charge >= 0.3 is 0 Å². The van der Waals surface area contributed by atoms with E-state index in [2.05, 4.69) is 12.2 Å². The molecule has 2 rings (SSSR count). The average Bonchev–Trinajstić information content (AvgIpc) is 2.70. The molecule has 0 atom stereocenters. The van der Waals surface area contributed by atoms with Crippen molar-refractivity contribution >= 4 is 11.6 Å². The molecule has 0 heterocycles. The molecule has 0 spiro atoms. The van der Waals surface area contributed by atoms with Gasteiger partial charge in [-0.05, 0) is 55.0 Å². The van der Waals surface area contributed by atoms with Crippen LogP contribution in [-0.4, -0.2) is 32.8 Å². The molecular weight excluding hydrogens is 342 g/mol. The Bertz CT molecular complexity index is 668. The fraction of sp³-hybridized carbons (Fsp3) is 0.409. The molecule has 0 aromatic heterocycles. The topological polar surface area (TPSA) is 56.8 Å². The molecule has 1 amide bonds. The molecule has 5 heteroatoms. The van der Waals surface area contributed by atoms with Gasteiger partial charge in [-0.25, -0.2) is 0 Å². The first kappa shape index (κ1) is 20.8. The molecule has 0 aliphatic rings. The van der Waals surface area contributed by atoms with E-state index in [-0.39, 0.29) is 5.91 Å². The van der Waals surface area contributed by atoms with Crippen molar-refractivity contribution in [3.8, 4) is 11.5 Å². The van der Waals surface area contributed by atoms with Gasteiger partial charge in [-0.15, -0.1) is 0 Å². The number of hydrogen-bond acceptors (Lipinski definition) is 4. The molecule has 2 aromatic rings. The minimum atomic E-state index is -0.160. The van der Waals surface area contributed by atoms with E-state index in [1.54, 1.807) is 31.4 Å². The first-order chi connectivity index (χ1) is 13.2. The standard InChI is InChI=1S/C22H29NO4/c1-3-4-5-6-15-26-21-13-9-19(10-14-21)23-22(24)18-7-11-20(12-8-18)27-17-16-25-2/h7-14H,3-6,15-17H2,1-2H3,(H,23,24). The third-order valence-electron chi connectivity index (χ3n) is 4.05. The van der Waals surface area contributed by atoms with Crippen molar-refractivity contribution in [2.45, 2.75) is 32.6 Å². The van der Waals surface area contributed by atoms with Gasteiger partial charge in [0.05, 0.1) is 13.2 Å². The van der Waals surface area contributed by atoms with Crippen LogP contribution in [0.25, 0.3) is 0 Å². The van der Waals surface area contributed by atoms with E-state index < -0.39 is 0 Å². The van der Waals surface area contributed by atoms with Crippen LogP contribution < -0.4 is 14.8 Å². The zero-order valence-electron chi connectivity index (χ0n) is 16.2. The summed E-state index contributed by atoms with van der Waals surface area (Å²) in [6.45, 7) is 3.93. The largest absolute Gasteiger partial charge is 0.494 e. The second kappa shape index (κ2) is 12.0. The van der Waals surface area contributed by atoms with Crippen LogP contribution in [0.2, 0.25) is 0 Å². The number of ether oxygens (including phenoxy) is 3. The Morgan fingerprint density at radius 2 is 1.44 bits per heavy atom. The van der Waals surface area contributed by atoms with Gasteiger partial charge in [0.1, 0.15) is 18.1 Å². The van der Waals surface area contributed by atoms with Gasteiger partial charge in [-0.3, -0.25) is 4.79 Å². The predicted molar refractivity (Wildman–Crippen MR) is 108 cm³/mol. The average molecular weight is 371 g/mol. The molecule has 1 N–H and O–H groups in total. The third-order valence-corrected chi connectivity index (χ3v) is 4.05. The highest BCUT2D eigenvalue weighted by Crippen LogP contribution is 2.18. The highest BCUT2D eigenvalue weighted by Gasteiger charge is 2.06. The van der Waals surface area contributed by atoms with Gasteiger partial charge in [0.15, 0.2) is 0 Å². The molecule has 0 fully saturated rings. The lowest BCUT2D eigenvalue weighted by atomic mass is 10.2. The van der Waals surface area contributed by atoms with Crippen molar-refractivity contribution in [2.24, 2.45) is 0 Å². The van der Waals surface area contributed by atoms with Gasteiger partial charge in [0, 0.05) is 18.4 Å². The molecule has 27 heavy (non-hydrogen) atoms. The van der Waals surface area contributed by atoms with Crippen molar-refractivity contribution in [3.05, 3.63) is 54.1 Å². The van der Waals surface area contributed by atoms with Crippen LogP contribution in [0.5, 0.6) is 11.5 Å². The molecule has 0 saturated carbocycles. The molecule has 0 saturated heterocycles. The molecule has 0 radical (unpaired) electrons. The molecule has 2 aromatic carbocycles. The van der Waals surface area contributed by atoms with E-state index in [0.717, 1.165) is 24.5 Å². The zero-order valence-corrected chi connectivity index (χ0v) is 16.2. The summed E-state index contributed by atoms with van der Waals surface area (Å²) in [4.78, 5) is 12.3. The van der Waals surface area contributed by atoms with Crippen LogP contribution in [0.3, 0.4) is 0 Å². The maximum atomic E-state index is 12.3. The van der Waals surface area contributed by atoms with Crippen LogP contribution >= 0.6 is 0 Å². The van der Waals surface area contributed by atoms with Crippen LogP contribution in [0.1, 0.15) is 43.0 Å². The van der Waals surface area contributed by atoms with Gasteiger partial charge in [0.2, 0.25) is 0 Å². The Labute approximate surface area is 161 Å². The van der Waals surface area contributed by atoms with Crippen molar-refractivity contribution in [1.29, 1.82) is 0 Å². The van der Waals surface area contributed by atoms with Crippen molar-refractivity contribution in [2.75, 3.05) is 32.2 Å². The second-order valence-electron chi connectivity index (χ2n) is 6.25. The summed E-state index contributed by atoms with van der Waals surface area (Å²) in [5.74, 6) is 1.37. The van der Waals surface area contributed by atoms with Crippen LogP contribution in [-0.2, 0) is 4.74 Å². The quantitative estimate of drug-likeness (QED) is 0.538. The number of nitrogens with one attached hydrogen (secondary N) is 1. The van der Waals surface area contributed by atoms with E-state index in [9.17, 15) is 4.79 Å². The van der Waals surface area contributed by atoms with Crippen LogP contribution in [0, 0.1) is 0 Å². The molecule has 0 bridgehead atoms. The third kappa shape index (κ3) is 7.71. The predicted octanol–water partition coefficient (Wildman–Crippen LogP) is 4.92. The summed E-state index contributed by atoms with van der Waals surface area (Å²) in [6.07, 6.45) is 4.73.